The number of benzene rings is 2. The summed E-state index contributed by atoms with van der Waals surface area (Å²) in [4.78, 5) is 24.5. The van der Waals surface area contributed by atoms with Crippen LogP contribution in [0.15, 0.2) is 42.5 Å². The third kappa shape index (κ3) is 3.89. The van der Waals surface area contributed by atoms with Gasteiger partial charge in [0, 0.05) is 21.4 Å². The van der Waals surface area contributed by atoms with Gasteiger partial charge in [-0.25, -0.2) is 0 Å². The highest BCUT2D eigenvalue weighted by molar-refractivity contribution is 6.31. The summed E-state index contributed by atoms with van der Waals surface area (Å²) in [6, 6.07) is 12.2. The molecule has 2 unspecified atom stereocenters. The molecule has 0 radical (unpaired) electrons. The first-order valence-electron chi connectivity index (χ1n) is 7.57. The molecule has 0 aromatic heterocycles. The van der Waals surface area contributed by atoms with E-state index in [1.807, 2.05) is 6.92 Å². The second kappa shape index (κ2) is 6.83. The summed E-state index contributed by atoms with van der Waals surface area (Å²) in [6.45, 7) is 1.87. The number of carbonyl (C=O) groups is 2. The molecule has 0 spiro atoms. The van der Waals surface area contributed by atoms with Gasteiger partial charge in [0.2, 0.25) is 11.8 Å². The molecule has 24 heavy (non-hydrogen) atoms. The first kappa shape index (κ1) is 16.8. The third-order valence-corrected chi connectivity index (χ3v) is 4.47. The van der Waals surface area contributed by atoms with Crippen LogP contribution in [0.3, 0.4) is 0 Å². The number of rotatable bonds is 4. The molecule has 6 heteroatoms. The van der Waals surface area contributed by atoms with Crippen molar-refractivity contribution in [3.63, 3.8) is 0 Å². The molecule has 0 heterocycles. The number of halogens is 2. The van der Waals surface area contributed by atoms with E-state index in [0.29, 0.717) is 27.8 Å². The molecule has 0 bridgehead atoms. The lowest BCUT2D eigenvalue weighted by Gasteiger charge is -2.09. The molecule has 0 saturated heterocycles. The molecule has 1 aliphatic rings. The summed E-state index contributed by atoms with van der Waals surface area (Å²) in [5.74, 6) is -0.923. The Labute approximate surface area is 150 Å². The van der Waals surface area contributed by atoms with Gasteiger partial charge in [0.1, 0.15) is 0 Å². The molecule has 2 aromatic carbocycles. The van der Waals surface area contributed by atoms with E-state index in [-0.39, 0.29) is 23.7 Å². The Hall–Kier alpha value is -2.04. The van der Waals surface area contributed by atoms with Gasteiger partial charge in [-0.2, -0.15) is 0 Å². The van der Waals surface area contributed by atoms with Crippen molar-refractivity contribution in [2.24, 2.45) is 11.8 Å². The highest BCUT2D eigenvalue weighted by atomic mass is 35.5. The summed E-state index contributed by atoms with van der Waals surface area (Å²) in [6.07, 6.45) is 0.546. The van der Waals surface area contributed by atoms with Gasteiger partial charge >= 0.3 is 0 Å². The summed E-state index contributed by atoms with van der Waals surface area (Å²) in [7, 11) is 0. The molecule has 1 aliphatic carbocycles. The number of nitrogens with one attached hydrogen (secondary N) is 2. The van der Waals surface area contributed by atoms with Crippen LogP contribution >= 0.6 is 23.2 Å². The molecule has 124 valence electrons. The van der Waals surface area contributed by atoms with E-state index < -0.39 is 0 Å². The Morgan fingerprint density at radius 1 is 0.958 bits per heavy atom. The van der Waals surface area contributed by atoms with Gasteiger partial charge in [-0.15, -0.1) is 0 Å². The smallest absolute Gasteiger partial charge is 0.228 e. The van der Waals surface area contributed by atoms with Crippen LogP contribution in [0.5, 0.6) is 0 Å². The quantitative estimate of drug-likeness (QED) is 0.839. The van der Waals surface area contributed by atoms with E-state index in [2.05, 4.69) is 10.6 Å². The van der Waals surface area contributed by atoms with Crippen LogP contribution < -0.4 is 10.6 Å². The van der Waals surface area contributed by atoms with Gasteiger partial charge in [-0.3, -0.25) is 9.59 Å². The summed E-state index contributed by atoms with van der Waals surface area (Å²) < 4.78 is 0. The number of carbonyl (C=O) groups excluding carboxylic acids is 2. The second-order valence-electron chi connectivity index (χ2n) is 5.90. The molecule has 2 amide bonds. The molecule has 2 N–H and O–H groups in total. The first-order chi connectivity index (χ1) is 11.4. The molecule has 2 atom stereocenters. The van der Waals surface area contributed by atoms with Gasteiger partial charge in [0.15, 0.2) is 0 Å². The Kier molecular flexibility index (Phi) is 4.78. The Morgan fingerprint density at radius 2 is 1.62 bits per heavy atom. The van der Waals surface area contributed by atoms with Gasteiger partial charge < -0.3 is 10.6 Å². The van der Waals surface area contributed by atoms with Crippen LogP contribution in [0.1, 0.15) is 12.0 Å². The average molecular weight is 363 g/mol. The van der Waals surface area contributed by atoms with Gasteiger partial charge in [-0.1, -0.05) is 29.3 Å². The number of hydrogen-bond donors (Lipinski definition) is 2. The maximum atomic E-state index is 12.3. The van der Waals surface area contributed by atoms with Crippen molar-refractivity contribution in [3.8, 4) is 0 Å². The van der Waals surface area contributed by atoms with E-state index in [1.54, 1.807) is 42.5 Å². The molecule has 3 rings (SSSR count). The van der Waals surface area contributed by atoms with E-state index in [9.17, 15) is 9.59 Å². The van der Waals surface area contributed by atoms with Gasteiger partial charge in [-0.05, 0) is 55.3 Å². The molecule has 0 aliphatic heterocycles. The average Bonchev–Trinajstić information content (AvgIpc) is 3.31. The standard InChI is InChI=1S/C18H16Cl2N2O2/c1-10-7-12(20)5-6-16(10)22-18(24)15-9-14(15)17(23)21-13-4-2-3-11(19)8-13/h2-8,14-15H,9H2,1H3,(H,21,23)(H,22,24). The lowest BCUT2D eigenvalue weighted by molar-refractivity contribution is -0.122. The molecular weight excluding hydrogens is 347 g/mol. The van der Waals surface area contributed by atoms with Crippen LogP contribution in [0.4, 0.5) is 11.4 Å². The van der Waals surface area contributed by atoms with Crippen molar-refractivity contribution < 1.29 is 9.59 Å². The lowest BCUT2D eigenvalue weighted by Crippen LogP contribution is -2.20. The number of hydrogen-bond acceptors (Lipinski definition) is 2. The fourth-order valence-electron chi connectivity index (χ4n) is 2.57. The lowest BCUT2D eigenvalue weighted by atomic mass is 10.2. The largest absolute Gasteiger partial charge is 0.326 e. The van der Waals surface area contributed by atoms with Crippen LogP contribution in [0, 0.1) is 18.8 Å². The number of aryl methyl sites for hydroxylation is 1. The zero-order chi connectivity index (χ0) is 17.3. The Balaban J connectivity index is 1.58. The maximum Gasteiger partial charge on any atom is 0.228 e. The molecule has 4 nitrogen and oxygen atoms in total. The Bertz CT molecular complexity index is 807. The fourth-order valence-corrected chi connectivity index (χ4v) is 2.99. The molecular formula is C18H16Cl2N2O2. The van der Waals surface area contributed by atoms with Gasteiger partial charge in [0.25, 0.3) is 0 Å². The van der Waals surface area contributed by atoms with Gasteiger partial charge in [0.05, 0.1) is 11.8 Å². The van der Waals surface area contributed by atoms with Crippen LogP contribution in [-0.2, 0) is 9.59 Å². The minimum absolute atomic E-state index is 0.147. The maximum absolute atomic E-state index is 12.3. The third-order valence-electron chi connectivity index (χ3n) is 4.00. The summed E-state index contributed by atoms with van der Waals surface area (Å²) in [5, 5.41) is 6.82. The number of anilines is 2. The normalized spacial score (nSPS) is 18.8. The SMILES string of the molecule is Cc1cc(Cl)ccc1NC(=O)C1CC1C(=O)Nc1cccc(Cl)c1. The van der Waals surface area contributed by atoms with Crippen molar-refractivity contribution in [3.05, 3.63) is 58.1 Å². The van der Waals surface area contributed by atoms with Crippen molar-refractivity contribution in [2.75, 3.05) is 10.6 Å². The Morgan fingerprint density at radius 3 is 2.29 bits per heavy atom. The van der Waals surface area contributed by atoms with Crippen LogP contribution in [0.25, 0.3) is 0 Å². The monoisotopic (exact) mass is 362 g/mol. The second-order valence-corrected chi connectivity index (χ2v) is 6.77. The van der Waals surface area contributed by atoms with Crippen LogP contribution in [-0.4, -0.2) is 11.8 Å². The fraction of sp³-hybridized carbons (Fsp3) is 0.222. The van der Waals surface area contributed by atoms with Crippen molar-refractivity contribution >= 4 is 46.4 Å². The van der Waals surface area contributed by atoms with E-state index in [4.69, 9.17) is 23.2 Å². The summed E-state index contributed by atoms with van der Waals surface area (Å²) >= 11 is 11.8. The van der Waals surface area contributed by atoms with E-state index >= 15 is 0 Å². The minimum Gasteiger partial charge on any atom is -0.326 e. The predicted octanol–water partition coefficient (Wildman–Crippen LogP) is 4.52. The minimum atomic E-state index is -0.309. The van der Waals surface area contributed by atoms with Crippen molar-refractivity contribution in [1.82, 2.24) is 0 Å². The van der Waals surface area contributed by atoms with E-state index in [1.165, 1.54) is 0 Å². The van der Waals surface area contributed by atoms with Crippen LogP contribution in [0.2, 0.25) is 10.0 Å². The van der Waals surface area contributed by atoms with Crippen molar-refractivity contribution in [2.45, 2.75) is 13.3 Å². The zero-order valence-corrected chi connectivity index (χ0v) is 14.5. The molecule has 2 aromatic rings. The zero-order valence-electron chi connectivity index (χ0n) is 13.0. The molecule has 1 saturated carbocycles. The topological polar surface area (TPSA) is 58.2 Å². The highest BCUT2D eigenvalue weighted by Gasteiger charge is 2.48. The highest BCUT2D eigenvalue weighted by Crippen LogP contribution is 2.40. The number of amides is 2. The molecule has 1 fully saturated rings. The first-order valence-corrected chi connectivity index (χ1v) is 8.33. The van der Waals surface area contributed by atoms with E-state index in [0.717, 1.165) is 5.56 Å². The van der Waals surface area contributed by atoms with Crippen molar-refractivity contribution in [1.29, 1.82) is 0 Å². The predicted molar refractivity (Wildman–Crippen MR) is 96.5 cm³/mol. The summed E-state index contributed by atoms with van der Waals surface area (Å²) in [5.41, 5.74) is 2.23.